The van der Waals surface area contributed by atoms with E-state index in [0.29, 0.717) is 12.3 Å². The van der Waals surface area contributed by atoms with Gasteiger partial charge in [-0.05, 0) is 18.6 Å². The van der Waals surface area contributed by atoms with Crippen molar-refractivity contribution in [3.05, 3.63) is 30.3 Å². The molecule has 0 spiro atoms. The highest BCUT2D eigenvalue weighted by Crippen LogP contribution is 2.07. The fourth-order valence-corrected chi connectivity index (χ4v) is 2.09. The average Bonchev–Trinajstić information content (AvgIpc) is 2.75. The third-order valence-corrected chi connectivity index (χ3v) is 3.18. The molecule has 1 aliphatic heterocycles. The second-order valence-electron chi connectivity index (χ2n) is 4.76. The van der Waals surface area contributed by atoms with Crippen LogP contribution in [-0.4, -0.2) is 56.8 Å². The van der Waals surface area contributed by atoms with Crippen molar-refractivity contribution in [1.82, 2.24) is 10.2 Å². The third kappa shape index (κ3) is 5.59. The normalized spacial score (nSPS) is 16.4. The van der Waals surface area contributed by atoms with Gasteiger partial charge in [0.15, 0.2) is 6.61 Å². The molecule has 1 heterocycles. The molecule has 0 atom stereocenters. The predicted molar refractivity (Wildman–Crippen MR) is 76.8 cm³/mol. The first-order chi connectivity index (χ1) is 9.84. The van der Waals surface area contributed by atoms with Crippen molar-refractivity contribution in [2.24, 2.45) is 0 Å². The molecule has 0 radical (unpaired) electrons. The van der Waals surface area contributed by atoms with E-state index >= 15 is 0 Å². The molecule has 1 aromatic carbocycles. The van der Waals surface area contributed by atoms with Crippen molar-refractivity contribution >= 4 is 5.91 Å². The maximum atomic E-state index is 11.6. The summed E-state index contributed by atoms with van der Waals surface area (Å²) < 4.78 is 10.8. The number of hydrogen-bond donors (Lipinski definition) is 1. The smallest absolute Gasteiger partial charge is 0.257 e. The van der Waals surface area contributed by atoms with Crippen LogP contribution in [0.5, 0.6) is 5.75 Å². The van der Waals surface area contributed by atoms with Gasteiger partial charge in [0.05, 0.1) is 6.61 Å². The first kappa shape index (κ1) is 14.8. The van der Waals surface area contributed by atoms with E-state index in [-0.39, 0.29) is 12.5 Å². The fourth-order valence-electron chi connectivity index (χ4n) is 2.09. The van der Waals surface area contributed by atoms with Crippen LogP contribution in [0.4, 0.5) is 0 Å². The highest BCUT2D eigenvalue weighted by Gasteiger charge is 2.09. The molecule has 1 N–H and O–H groups in total. The summed E-state index contributed by atoms with van der Waals surface area (Å²) >= 11 is 0. The molecule has 0 aromatic heterocycles. The number of carbonyl (C=O) groups excluding carboxylic acids is 1. The lowest BCUT2D eigenvalue weighted by Gasteiger charge is -2.19. The van der Waals surface area contributed by atoms with Crippen molar-refractivity contribution in [2.45, 2.75) is 6.42 Å². The molecule has 1 aromatic rings. The Morgan fingerprint density at radius 2 is 2.10 bits per heavy atom. The Kier molecular flexibility index (Phi) is 6.34. The molecule has 1 amide bonds. The van der Waals surface area contributed by atoms with Crippen molar-refractivity contribution in [2.75, 3.05) is 46.0 Å². The van der Waals surface area contributed by atoms with Gasteiger partial charge in [0.2, 0.25) is 0 Å². The van der Waals surface area contributed by atoms with Crippen molar-refractivity contribution in [3.63, 3.8) is 0 Å². The van der Waals surface area contributed by atoms with Crippen LogP contribution in [-0.2, 0) is 9.53 Å². The highest BCUT2D eigenvalue weighted by molar-refractivity contribution is 5.77. The quantitative estimate of drug-likeness (QED) is 0.840. The van der Waals surface area contributed by atoms with Gasteiger partial charge in [-0.2, -0.15) is 0 Å². The summed E-state index contributed by atoms with van der Waals surface area (Å²) in [5.41, 5.74) is 0. The largest absolute Gasteiger partial charge is 0.484 e. The molecular formula is C15H22N2O3. The summed E-state index contributed by atoms with van der Waals surface area (Å²) in [4.78, 5) is 14.0. The third-order valence-electron chi connectivity index (χ3n) is 3.18. The molecule has 5 nitrogen and oxygen atoms in total. The molecule has 1 saturated heterocycles. The Balaban J connectivity index is 1.58. The van der Waals surface area contributed by atoms with Gasteiger partial charge in [0, 0.05) is 32.8 Å². The van der Waals surface area contributed by atoms with E-state index < -0.39 is 0 Å². The molecule has 0 saturated carbocycles. The number of ether oxygens (including phenoxy) is 2. The molecule has 0 bridgehead atoms. The standard InChI is InChI=1S/C15H22N2O3/c18-15(13-20-14-5-2-1-3-6-14)16-7-9-17-8-4-11-19-12-10-17/h1-3,5-6H,4,7-13H2,(H,16,18). The lowest BCUT2D eigenvalue weighted by Crippen LogP contribution is -2.37. The Labute approximate surface area is 119 Å². The lowest BCUT2D eigenvalue weighted by atomic mass is 10.3. The minimum absolute atomic E-state index is 0.0626. The van der Waals surface area contributed by atoms with Crippen LogP contribution in [0.1, 0.15) is 6.42 Å². The maximum absolute atomic E-state index is 11.6. The first-order valence-electron chi connectivity index (χ1n) is 7.09. The Morgan fingerprint density at radius 1 is 1.25 bits per heavy atom. The number of nitrogens with one attached hydrogen (secondary N) is 1. The molecule has 1 fully saturated rings. The SMILES string of the molecule is O=C(COc1ccccc1)NCCN1CCCOCC1. The number of rotatable bonds is 6. The van der Waals surface area contributed by atoms with Crippen LogP contribution in [0.2, 0.25) is 0 Å². The summed E-state index contributed by atoms with van der Waals surface area (Å²) in [5, 5.41) is 2.87. The number of benzene rings is 1. The van der Waals surface area contributed by atoms with Gasteiger partial charge in [-0.1, -0.05) is 18.2 Å². The van der Waals surface area contributed by atoms with E-state index in [0.717, 1.165) is 39.3 Å². The summed E-state index contributed by atoms with van der Waals surface area (Å²) in [5.74, 6) is 0.632. The number of carbonyl (C=O) groups is 1. The van der Waals surface area contributed by atoms with Crippen LogP contribution >= 0.6 is 0 Å². The Morgan fingerprint density at radius 3 is 2.95 bits per heavy atom. The second kappa shape index (κ2) is 8.55. The van der Waals surface area contributed by atoms with Crippen LogP contribution < -0.4 is 10.1 Å². The summed E-state index contributed by atoms with van der Waals surface area (Å²) in [6.07, 6.45) is 1.06. The van der Waals surface area contributed by atoms with Gasteiger partial charge in [-0.25, -0.2) is 0 Å². The molecule has 0 aliphatic carbocycles. The number of nitrogens with zero attached hydrogens (tertiary/aromatic N) is 1. The molecule has 5 heteroatoms. The zero-order chi connectivity index (χ0) is 14.0. The van der Waals surface area contributed by atoms with Crippen molar-refractivity contribution < 1.29 is 14.3 Å². The van der Waals surface area contributed by atoms with Gasteiger partial charge in [-0.15, -0.1) is 0 Å². The number of para-hydroxylation sites is 1. The van der Waals surface area contributed by atoms with E-state index in [1.54, 1.807) is 0 Å². The molecule has 110 valence electrons. The summed E-state index contributed by atoms with van der Waals surface area (Å²) in [6.45, 7) is 5.18. The van der Waals surface area contributed by atoms with Crippen LogP contribution in [0.25, 0.3) is 0 Å². The topological polar surface area (TPSA) is 50.8 Å². The molecule has 2 rings (SSSR count). The molecular weight excluding hydrogens is 256 g/mol. The summed E-state index contributed by atoms with van der Waals surface area (Å²) in [6, 6.07) is 9.36. The summed E-state index contributed by atoms with van der Waals surface area (Å²) in [7, 11) is 0. The Hall–Kier alpha value is -1.59. The minimum Gasteiger partial charge on any atom is -0.484 e. The first-order valence-corrected chi connectivity index (χ1v) is 7.09. The van der Waals surface area contributed by atoms with Gasteiger partial charge in [-0.3, -0.25) is 9.69 Å². The van der Waals surface area contributed by atoms with Gasteiger partial charge < -0.3 is 14.8 Å². The van der Waals surface area contributed by atoms with Crippen LogP contribution in [0.3, 0.4) is 0 Å². The van der Waals surface area contributed by atoms with E-state index in [1.165, 1.54) is 0 Å². The monoisotopic (exact) mass is 278 g/mol. The average molecular weight is 278 g/mol. The Bertz CT molecular complexity index is 389. The van der Waals surface area contributed by atoms with Gasteiger partial charge >= 0.3 is 0 Å². The maximum Gasteiger partial charge on any atom is 0.257 e. The van der Waals surface area contributed by atoms with E-state index in [9.17, 15) is 4.79 Å². The minimum atomic E-state index is -0.0834. The predicted octanol–water partition coefficient (Wildman–Crippen LogP) is 0.904. The van der Waals surface area contributed by atoms with Crippen molar-refractivity contribution in [3.8, 4) is 5.75 Å². The lowest BCUT2D eigenvalue weighted by molar-refractivity contribution is -0.123. The van der Waals surface area contributed by atoms with Crippen LogP contribution in [0.15, 0.2) is 30.3 Å². The van der Waals surface area contributed by atoms with Gasteiger partial charge in [0.1, 0.15) is 5.75 Å². The highest BCUT2D eigenvalue weighted by atomic mass is 16.5. The van der Waals surface area contributed by atoms with E-state index in [1.807, 2.05) is 30.3 Å². The molecule has 20 heavy (non-hydrogen) atoms. The zero-order valence-electron chi connectivity index (χ0n) is 11.7. The number of amides is 1. The van der Waals surface area contributed by atoms with Gasteiger partial charge in [0.25, 0.3) is 5.91 Å². The van der Waals surface area contributed by atoms with E-state index in [4.69, 9.17) is 9.47 Å². The van der Waals surface area contributed by atoms with Crippen molar-refractivity contribution in [1.29, 1.82) is 0 Å². The number of hydrogen-bond acceptors (Lipinski definition) is 4. The van der Waals surface area contributed by atoms with Crippen LogP contribution in [0, 0.1) is 0 Å². The zero-order valence-corrected chi connectivity index (χ0v) is 11.7. The fraction of sp³-hybridized carbons (Fsp3) is 0.533. The van der Waals surface area contributed by atoms with E-state index in [2.05, 4.69) is 10.2 Å². The molecule has 0 unspecified atom stereocenters. The molecule has 1 aliphatic rings. The second-order valence-corrected chi connectivity index (χ2v) is 4.76.